The smallest absolute Gasteiger partial charge is 0.414 e. The molecule has 0 fully saturated rings. The number of pyridine rings is 1. The quantitative estimate of drug-likeness (QED) is 0.455. The average molecular weight is 342 g/mol. The van der Waals surface area contributed by atoms with Crippen molar-refractivity contribution < 1.29 is 31.3 Å². The van der Waals surface area contributed by atoms with Crippen molar-refractivity contribution in [3.8, 4) is 5.75 Å². The van der Waals surface area contributed by atoms with E-state index in [1.165, 1.54) is 4.90 Å². The number of aromatic nitrogens is 1. The molecule has 2 aromatic rings. The van der Waals surface area contributed by atoms with E-state index in [4.69, 9.17) is 4.74 Å². The Hall–Kier alpha value is -2.23. The first-order valence-electron chi connectivity index (χ1n) is 6.43. The molecule has 0 bridgehead atoms. The van der Waals surface area contributed by atoms with Gasteiger partial charge in [0.05, 0.1) is 12.5 Å². The maximum absolute atomic E-state index is 11.6. The van der Waals surface area contributed by atoms with E-state index in [-0.39, 0.29) is 6.09 Å². The molecule has 0 aliphatic rings. The van der Waals surface area contributed by atoms with Crippen LogP contribution >= 0.6 is 0 Å². The van der Waals surface area contributed by atoms with Crippen molar-refractivity contribution in [3.05, 3.63) is 36.5 Å². The van der Waals surface area contributed by atoms with E-state index < -0.39 is 10.4 Å². The first-order valence-corrected chi connectivity index (χ1v) is 7.77. The minimum atomic E-state index is -4.41. The summed E-state index contributed by atoms with van der Waals surface area (Å²) >= 11 is 0. The van der Waals surface area contributed by atoms with Gasteiger partial charge in [-0.1, -0.05) is 6.07 Å². The SMILES string of the molecule is CN(C)C(=O)Oc1cccc2ccc[n+](C)c12.COS(=O)(=O)[O-]. The highest BCUT2D eigenvalue weighted by Gasteiger charge is 2.15. The van der Waals surface area contributed by atoms with Crippen molar-refractivity contribution >= 4 is 27.4 Å². The van der Waals surface area contributed by atoms with Crippen LogP contribution in [0.2, 0.25) is 0 Å². The van der Waals surface area contributed by atoms with Gasteiger partial charge in [0.1, 0.15) is 7.05 Å². The molecule has 1 aromatic heterocycles. The first kappa shape index (κ1) is 18.8. The van der Waals surface area contributed by atoms with Crippen LogP contribution in [0.15, 0.2) is 36.5 Å². The van der Waals surface area contributed by atoms with Gasteiger partial charge >= 0.3 is 6.09 Å². The molecular formula is C14H18N2O6S. The lowest BCUT2D eigenvalue weighted by atomic mass is 10.2. The largest absolute Gasteiger partial charge is 0.726 e. The number of para-hydroxylation sites is 1. The minimum Gasteiger partial charge on any atom is -0.726 e. The molecule has 23 heavy (non-hydrogen) atoms. The van der Waals surface area contributed by atoms with Gasteiger partial charge in [0.15, 0.2) is 6.20 Å². The Morgan fingerprint density at radius 1 is 1.22 bits per heavy atom. The molecule has 0 aliphatic heterocycles. The fourth-order valence-electron chi connectivity index (χ4n) is 1.67. The monoisotopic (exact) mass is 342 g/mol. The molecule has 1 aromatic carbocycles. The highest BCUT2D eigenvalue weighted by atomic mass is 32.3. The molecule has 0 saturated heterocycles. The number of carbonyl (C=O) groups is 1. The van der Waals surface area contributed by atoms with E-state index in [0.717, 1.165) is 18.0 Å². The third kappa shape index (κ3) is 5.81. The Morgan fingerprint density at radius 3 is 2.30 bits per heavy atom. The van der Waals surface area contributed by atoms with Crippen LogP contribution in [0.1, 0.15) is 0 Å². The normalized spacial score (nSPS) is 10.7. The molecule has 9 heteroatoms. The average Bonchev–Trinajstić information content (AvgIpc) is 2.47. The lowest BCUT2D eigenvalue weighted by molar-refractivity contribution is -0.645. The van der Waals surface area contributed by atoms with E-state index in [2.05, 4.69) is 4.18 Å². The molecule has 0 saturated carbocycles. The number of nitrogens with zero attached hydrogens (tertiary/aromatic N) is 2. The summed E-state index contributed by atoms with van der Waals surface area (Å²) in [6, 6.07) is 9.61. The van der Waals surface area contributed by atoms with Crippen molar-refractivity contribution in [2.24, 2.45) is 7.05 Å². The summed E-state index contributed by atoms with van der Waals surface area (Å²) < 4.78 is 38.3. The molecule has 0 aliphatic carbocycles. The molecule has 0 unspecified atom stereocenters. The van der Waals surface area contributed by atoms with Crippen LogP contribution in [0, 0.1) is 0 Å². The molecule has 8 nitrogen and oxygen atoms in total. The van der Waals surface area contributed by atoms with Gasteiger partial charge in [-0.05, 0) is 18.2 Å². The number of hydrogen-bond donors (Lipinski definition) is 0. The molecule has 2 rings (SSSR count). The second-order valence-corrected chi connectivity index (χ2v) is 5.80. The molecule has 0 radical (unpaired) electrons. The van der Waals surface area contributed by atoms with E-state index in [1.54, 1.807) is 20.2 Å². The summed E-state index contributed by atoms with van der Waals surface area (Å²) in [5.74, 6) is 0.573. The fraction of sp³-hybridized carbons (Fsp3) is 0.286. The highest BCUT2D eigenvalue weighted by molar-refractivity contribution is 7.80. The zero-order valence-corrected chi connectivity index (χ0v) is 14.0. The zero-order chi connectivity index (χ0) is 17.6. The van der Waals surface area contributed by atoms with Gasteiger partial charge in [-0.2, -0.15) is 4.57 Å². The van der Waals surface area contributed by atoms with E-state index in [0.29, 0.717) is 5.75 Å². The van der Waals surface area contributed by atoms with Crippen LogP contribution in [0.25, 0.3) is 10.9 Å². The van der Waals surface area contributed by atoms with Gasteiger partial charge in [0.2, 0.25) is 16.1 Å². The van der Waals surface area contributed by atoms with Crippen molar-refractivity contribution in [2.45, 2.75) is 0 Å². The summed E-state index contributed by atoms with van der Waals surface area (Å²) in [6.07, 6.45) is 1.55. The van der Waals surface area contributed by atoms with E-state index in [9.17, 15) is 17.8 Å². The van der Waals surface area contributed by atoms with E-state index in [1.807, 2.05) is 42.1 Å². The maximum Gasteiger partial charge on any atom is 0.414 e. The van der Waals surface area contributed by atoms with Crippen LogP contribution in [0.4, 0.5) is 4.79 Å². The Bertz CT molecular complexity index is 784. The summed E-state index contributed by atoms with van der Waals surface area (Å²) in [6.45, 7) is 0. The Labute approximate surface area is 134 Å². The Morgan fingerprint density at radius 2 is 1.78 bits per heavy atom. The number of hydrogen-bond acceptors (Lipinski definition) is 6. The van der Waals surface area contributed by atoms with Crippen LogP contribution in [-0.2, 0) is 21.6 Å². The predicted octanol–water partition coefficient (Wildman–Crippen LogP) is 0.818. The third-order valence-corrected chi connectivity index (χ3v) is 3.14. The predicted molar refractivity (Wildman–Crippen MR) is 81.5 cm³/mol. The molecule has 126 valence electrons. The number of rotatable bonds is 2. The van der Waals surface area contributed by atoms with Gasteiger partial charge in [0.25, 0.3) is 5.52 Å². The Kier molecular flexibility index (Phi) is 6.43. The van der Waals surface area contributed by atoms with Gasteiger partial charge in [-0.3, -0.25) is 4.18 Å². The van der Waals surface area contributed by atoms with Crippen LogP contribution in [-0.4, -0.2) is 45.2 Å². The standard InChI is InChI=1S/C13H15N2O2.CH4O4S/c1-14(2)13(16)17-11-8-4-6-10-7-5-9-15(3)12(10)11;1-5-6(2,3)4/h4-9H,1-3H3;1H3,(H,2,3,4)/q+1;/p-1. The third-order valence-electron chi connectivity index (χ3n) is 2.73. The van der Waals surface area contributed by atoms with Crippen molar-refractivity contribution in [3.63, 3.8) is 0 Å². The first-order chi connectivity index (χ1) is 10.7. The molecule has 0 spiro atoms. The summed E-state index contributed by atoms with van der Waals surface area (Å²) in [5.41, 5.74) is 0.908. The van der Waals surface area contributed by atoms with Gasteiger partial charge in [-0.15, -0.1) is 0 Å². The summed E-state index contributed by atoms with van der Waals surface area (Å²) in [7, 11) is 1.64. The Balaban J connectivity index is 0.000000379. The molecule has 1 amide bonds. The number of ether oxygens (including phenoxy) is 1. The molecule has 0 atom stereocenters. The number of fused-ring (bicyclic) bond motifs is 1. The second-order valence-electron chi connectivity index (χ2n) is 4.65. The number of carbonyl (C=O) groups excluding carboxylic acids is 1. The lowest BCUT2D eigenvalue weighted by Crippen LogP contribution is -2.30. The van der Waals surface area contributed by atoms with Crippen LogP contribution in [0.5, 0.6) is 5.75 Å². The fourth-order valence-corrected chi connectivity index (χ4v) is 1.67. The summed E-state index contributed by atoms with van der Waals surface area (Å²) in [4.78, 5) is 13.0. The molecule has 1 heterocycles. The van der Waals surface area contributed by atoms with Gasteiger partial charge < -0.3 is 14.2 Å². The van der Waals surface area contributed by atoms with Crippen molar-refractivity contribution in [1.82, 2.24) is 4.90 Å². The second kappa shape index (κ2) is 7.86. The number of amides is 1. The van der Waals surface area contributed by atoms with Crippen molar-refractivity contribution in [2.75, 3.05) is 21.2 Å². The number of aryl methyl sites for hydroxylation is 1. The number of benzene rings is 1. The maximum atomic E-state index is 11.6. The molecule has 0 N–H and O–H groups in total. The van der Waals surface area contributed by atoms with Crippen LogP contribution in [0.3, 0.4) is 0 Å². The molecular weight excluding hydrogens is 324 g/mol. The lowest BCUT2D eigenvalue weighted by Gasteiger charge is -2.10. The van der Waals surface area contributed by atoms with E-state index >= 15 is 0 Å². The van der Waals surface area contributed by atoms with Crippen LogP contribution < -0.4 is 9.30 Å². The van der Waals surface area contributed by atoms with Gasteiger partial charge in [-0.25, -0.2) is 13.2 Å². The zero-order valence-electron chi connectivity index (χ0n) is 13.2. The minimum absolute atomic E-state index is 0.374. The summed E-state index contributed by atoms with van der Waals surface area (Å²) in [5, 5.41) is 1.04. The highest BCUT2D eigenvalue weighted by Crippen LogP contribution is 2.22. The van der Waals surface area contributed by atoms with Gasteiger partial charge in [0, 0.05) is 20.2 Å². The topological polar surface area (TPSA) is 99.9 Å². The van der Waals surface area contributed by atoms with Crippen molar-refractivity contribution in [1.29, 1.82) is 0 Å².